The van der Waals surface area contributed by atoms with Gasteiger partial charge in [0.1, 0.15) is 0 Å². The lowest BCUT2D eigenvalue weighted by atomic mass is 10.2. The predicted octanol–water partition coefficient (Wildman–Crippen LogP) is 4.37. The molecule has 3 rings (SSSR count). The van der Waals surface area contributed by atoms with Crippen molar-refractivity contribution in [2.75, 3.05) is 10.6 Å². The van der Waals surface area contributed by atoms with Gasteiger partial charge < -0.3 is 10.6 Å². The predicted molar refractivity (Wildman–Crippen MR) is 127 cm³/mol. The second-order valence-electron chi connectivity index (χ2n) is 6.53. The Labute approximate surface area is 189 Å². The zero-order chi connectivity index (χ0) is 22.9. The van der Waals surface area contributed by atoms with Gasteiger partial charge in [0.2, 0.25) is 5.91 Å². The Bertz CT molecular complexity index is 1180. The van der Waals surface area contributed by atoms with Gasteiger partial charge >= 0.3 is 0 Å². The molecule has 32 heavy (non-hydrogen) atoms. The molecular weight excluding hydrogens is 428 g/mol. The highest BCUT2D eigenvalue weighted by Crippen LogP contribution is 2.15. The van der Waals surface area contributed by atoms with E-state index >= 15 is 0 Å². The van der Waals surface area contributed by atoms with E-state index in [4.69, 9.17) is 12.2 Å². The second-order valence-corrected chi connectivity index (χ2v) is 6.93. The van der Waals surface area contributed by atoms with Crippen molar-refractivity contribution in [3.05, 3.63) is 106 Å². The molecule has 0 aliphatic carbocycles. The maximum atomic E-state index is 12.2. The molecule has 2 amide bonds. The van der Waals surface area contributed by atoms with E-state index in [2.05, 4.69) is 16.0 Å². The number of nitro benzene ring substituents is 1. The minimum atomic E-state index is -0.505. The molecule has 160 valence electrons. The normalized spacial score (nSPS) is 10.4. The van der Waals surface area contributed by atoms with E-state index in [0.29, 0.717) is 22.5 Å². The highest BCUT2D eigenvalue weighted by Gasteiger charge is 2.07. The summed E-state index contributed by atoms with van der Waals surface area (Å²) >= 11 is 5.13. The average molecular weight is 446 g/mol. The van der Waals surface area contributed by atoms with Crippen molar-refractivity contribution in [2.45, 2.75) is 0 Å². The van der Waals surface area contributed by atoms with Crippen LogP contribution in [-0.4, -0.2) is 21.9 Å². The average Bonchev–Trinajstić information content (AvgIpc) is 2.79. The van der Waals surface area contributed by atoms with Crippen LogP contribution in [0.2, 0.25) is 0 Å². The molecule has 0 saturated carbocycles. The van der Waals surface area contributed by atoms with Crippen LogP contribution in [0.1, 0.15) is 15.9 Å². The third-order valence-electron chi connectivity index (χ3n) is 4.18. The van der Waals surface area contributed by atoms with Crippen LogP contribution >= 0.6 is 12.2 Å². The molecule has 0 saturated heterocycles. The Morgan fingerprint density at radius 3 is 2.19 bits per heavy atom. The molecule has 0 aliphatic heterocycles. The van der Waals surface area contributed by atoms with Gasteiger partial charge in [-0.2, -0.15) is 0 Å². The molecule has 0 fully saturated rings. The number of nitro groups is 1. The number of non-ortho nitro benzene ring substituents is 1. The first-order valence-electron chi connectivity index (χ1n) is 9.42. The van der Waals surface area contributed by atoms with Crippen molar-refractivity contribution in [2.24, 2.45) is 0 Å². The third kappa shape index (κ3) is 6.57. The first kappa shape index (κ1) is 22.3. The van der Waals surface area contributed by atoms with Crippen molar-refractivity contribution < 1.29 is 14.5 Å². The number of carbonyl (C=O) groups is 2. The number of hydrogen-bond donors (Lipinski definition) is 3. The molecule has 0 unspecified atom stereocenters. The van der Waals surface area contributed by atoms with Crippen LogP contribution in [-0.2, 0) is 4.79 Å². The highest BCUT2D eigenvalue weighted by atomic mass is 32.1. The lowest BCUT2D eigenvalue weighted by molar-refractivity contribution is -0.384. The molecule has 0 heterocycles. The first-order valence-corrected chi connectivity index (χ1v) is 9.82. The van der Waals surface area contributed by atoms with Gasteiger partial charge in [-0.25, -0.2) is 0 Å². The summed E-state index contributed by atoms with van der Waals surface area (Å²) in [4.78, 5) is 34.5. The van der Waals surface area contributed by atoms with E-state index in [1.807, 2.05) is 6.07 Å². The lowest BCUT2D eigenvalue weighted by Crippen LogP contribution is -2.32. The Balaban J connectivity index is 1.51. The molecule has 0 atom stereocenters. The molecule has 3 aromatic rings. The van der Waals surface area contributed by atoms with Crippen LogP contribution in [0.15, 0.2) is 84.9 Å². The van der Waals surface area contributed by atoms with Crippen LogP contribution in [0.25, 0.3) is 6.08 Å². The summed E-state index contributed by atoms with van der Waals surface area (Å²) in [5.41, 5.74) is 2.24. The monoisotopic (exact) mass is 446 g/mol. The van der Waals surface area contributed by atoms with Gasteiger partial charge in [0.25, 0.3) is 11.6 Å². The number of nitrogens with one attached hydrogen (secondary N) is 3. The van der Waals surface area contributed by atoms with Gasteiger partial charge in [0.15, 0.2) is 5.11 Å². The Kier molecular flexibility index (Phi) is 7.39. The molecule has 3 N–H and O–H groups in total. The maximum Gasteiger partial charge on any atom is 0.270 e. The quantitative estimate of drug-likeness (QED) is 0.224. The summed E-state index contributed by atoms with van der Waals surface area (Å²) in [7, 11) is 0. The summed E-state index contributed by atoms with van der Waals surface area (Å²) in [5.74, 6) is -0.703. The molecule has 0 spiro atoms. The molecule has 0 bridgehead atoms. The Morgan fingerprint density at radius 2 is 1.53 bits per heavy atom. The number of benzene rings is 3. The lowest BCUT2D eigenvalue weighted by Gasteiger charge is -2.10. The van der Waals surface area contributed by atoms with E-state index in [1.54, 1.807) is 54.6 Å². The number of carbonyl (C=O) groups excluding carboxylic acids is 2. The van der Waals surface area contributed by atoms with E-state index in [0.717, 1.165) is 0 Å². The second kappa shape index (κ2) is 10.6. The fourth-order valence-electron chi connectivity index (χ4n) is 2.66. The Morgan fingerprint density at radius 1 is 0.875 bits per heavy atom. The van der Waals surface area contributed by atoms with Gasteiger partial charge in [-0.3, -0.25) is 25.0 Å². The summed E-state index contributed by atoms with van der Waals surface area (Å²) in [6, 6.07) is 21.6. The van der Waals surface area contributed by atoms with Crippen LogP contribution < -0.4 is 16.0 Å². The minimum absolute atomic E-state index is 0.0619. The number of amides is 2. The van der Waals surface area contributed by atoms with Crippen molar-refractivity contribution in [3.63, 3.8) is 0 Å². The standard InChI is InChI=1S/C23H18N4O4S/c28-21(14-9-16-5-4-8-20(15-16)27(30)31)26-23(32)25-19-12-10-18(11-13-19)24-22(29)17-6-2-1-3-7-17/h1-15H,(H,24,29)(H2,25,26,28,32)/b14-9+. The maximum absolute atomic E-state index is 12.2. The summed E-state index contributed by atoms with van der Waals surface area (Å²) in [6.45, 7) is 0. The van der Waals surface area contributed by atoms with Crippen molar-refractivity contribution in [3.8, 4) is 0 Å². The van der Waals surface area contributed by atoms with Crippen molar-refractivity contribution in [1.29, 1.82) is 0 Å². The summed E-state index contributed by atoms with van der Waals surface area (Å²) in [6.07, 6.45) is 2.68. The largest absolute Gasteiger partial charge is 0.332 e. The van der Waals surface area contributed by atoms with Crippen LogP contribution in [0.3, 0.4) is 0 Å². The van der Waals surface area contributed by atoms with Gasteiger partial charge in [-0.1, -0.05) is 30.3 Å². The van der Waals surface area contributed by atoms with Crippen molar-refractivity contribution >= 4 is 52.3 Å². The fourth-order valence-corrected chi connectivity index (χ4v) is 2.88. The van der Waals surface area contributed by atoms with Gasteiger partial charge in [0.05, 0.1) is 4.92 Å². The number of anilines is 2. The van der Waals surface area contributed by atoms with E-state index in [-0.39, 0.29) is 16.7 Å². The number of thiocarbonyl (C=S) groups is 1. The SMILES string of the molecule is O=C(/C=C/c1cccc([N+](=O)[O-])c1)NC(=S)Nc1ccc(NC(=O)c2ccccc2)cc1. The number of hydrogen-bond acceptors (Lipinski definition) is 5. The molecule has 0 aromatic heterocycles. The van der Waals surface area contributed by atoms with E-state index in [1.165, 1.54) is 30.4 Å². The van der Waals surface area contributed by atoms with E-state index in [9.17, 15) is 19.7 Å². The van der Waals surface area contributed by atoms with Crippen LogP contribution in [0, 0.1) is 10.1 Å². The smallest absolute Gasteiger partial charge is 0.270 e. The molecule has 0 aliphatic rings. The van der Waals surface area contributed by atoms with Gasteiger partial charge in [-0.05, 0) is 60.3 Å². The third-order valence-corrected chi connectivity index (χ3v) is 4.39. The van der Waals surface area contributed by atoms with Gasteiger partial charge in [0, 0.05) is 35.1 Å². The summed E-state index contributed by atoms with van der Waals surface area (Å²) < 4.78 is 0. The minimum Gasteiger partial charge on any atom is -0.332 e. The van der Waals surface area contributed by atoms with E-state index < -0.39 is 10.8 Å². The highest BCUT2D eigenvalue weighted by molar-refractivity contribution is 7.80. The molecule has 0 radical (unpaired) electrons. The zero-order valence-electron chi connectivity index (χ0n) is 16.6. The molecular formula is C23H18N4O4S. The molecule has 9 heteroatoms. The topological polar surface area (TPSA) is 113 Å². The fraction of sp³-hybridized carbons (Fsp3) is 0. The first-order chi connectivity index (χ1) is 15.4. The number of nitrogens with zero attached hydrogens (tertiary/aromatic N) is 1. The molecule has 3 aromatic carbocycles. The van der Waals surface area contributed by atoms with Crippen LogP contribution in [0.5, 0.6) is 0 Å². The van der Waals surface area contributed by atoms with Crippen LogP contribution in [0.4, 0.5) is 17.1 Å². The summed E-state index contributed by atoms with van der Waals surface area (Å²) in [5, 5.41) is 19.0. The Hall–Kier alpha value is -4.37. The molecule has 8 nitrogen and oxygen atoms in total. The zero-order valence-corrected chi connectivity index (χ0v) is 17.5. The van der Waals surface area contributed by atoms with Gasteiger partial charge in [-0.15, -0.1) is 0 Å². The number of rotatable bonds is 6. The van der Waals surface area contributed by atoms with Crippen molar-refractivity contribution in [1.82, 2.24) is 5.32 Å².